The fourth-order valence-corrected chi connectivity index (χ4v) is 2.81. The lowest BCUT2D eigenvalue weighted by atomic mass is 10.0. The third kappa shape index (κ3) is 3.73. The summed E-state index contributed by atoms with van der Waals surface area (Å²) in [6.07, 6.45) is 1.37. The number of benzene rings is 2. The van der Waals surface area contributed by atoms with Gasteiger partial charge in [-0.1, -0.05) is 13.8 Å². The molecule has 3 rings (SSSR count). The number of carbonyl (C=O) groups is 1. The Morgan fingerprint density at radius 2 is 1.86 bits per heavy atom. The predicted octanol–water partition coefficient (Wildman–Crippen LogP) is 4.43. The number of aromatic nitrogens is 2. The van der Waals surface area contributed by atoms with Gasteiger partial charge in [0.2, 0.25) is 5.82 Å². The summed E-state index contributed by atoms with van der Waals surface area (Å²) < 4.78 is 28.2. The molecule has 0 bridgehead atoms. The van der Waals surface area contributed by atoms with Gasteiger partial charge in [-0.25, -0.2) is 9.07 Å². The Labute approximate surface area is 158 Å². The Balaban J connectivity index is 1.95. The van der Waals surface area contributed by atoms with Crippen molar-refractivity contribution < 1.29 is 18.5 Å². The van der Waals surface area contributed by atoms with Gasteiger partial charge in [0.25, 0.3) is 5.91 Å². The highest BCUT2D eigenvalue weighted by molar-refractivity contribution is 6.05. The van der Waals surface area contributed by atoms with Crippen molar-refractivity contribution in [3.8, 4) is 5.69 Å². The number of rotatable bonds is 5. The maximum Gasteiger partial charge on any atom is 0.306 e. The van der Waals surface area contributed by atoms with E-state index in [1.807, 2.05) is 13.8 Å². The lowest BCUT2D eigenvalue weighted by Crippen LogP contribution is -2.15. The minimum atomic E-state index is -0.991. The highest BCUT2D eigenvalue weighted by Crippen LogP contribution is 2.26. The molecule has 0 saturated heterocycles. The first-order valence-corrected chi connectivity index (χ1v) is 8.37. The van der Waals surface area contributed by atoms with E-state index in [0.717, 1.165) is 12.1 Å². The molecular formula is C19H16F2N4O3. The lowest BCUT2D eigenvalue weighted by Gasteiger charge is -2.13. The maximum absolute atomic E-state index is 13.5. The largest absolute Gasteiger partial charge is 0.322 e. The van der Waals surface area contributed by atoms with E-state index >= 15 is 0 Å². The van der Waals surface area contributed by atoms with Crippen molar-refractivity contribution in [2.75, 3.05) is 5.32 Å². The first kappa shape index (κ1) is 19.2. The van der Waals surface area contributed by atoms with Gasteiger partial charge in [-0.3, -0.25) is 14.9 Å². The molecule has 0 fully saturated rings. The van der Waals surface area contributed by atoms with E-state index in [-0.39, 0.29) is 17.2 Å². The van der Waals surface area contributed by atoms with E-state index in [1.165, 1.54) is 29.1 Å². The van der Waals surface area contributed by atoms with Crippen molar-refractivity contribution >= 4 is 17.3 Å². The number of nitro groups is 1. The molecule has 28 heavy (non-hydrogen) atoms. The normalized spacial score (nSPS) is 10.9. The van der Waals surface area contributed by atoms with Gasteiger partial charge < -0.3 is 5.32 Å². The minimum Gasteiger partial charge on any atom is -0.322 e. The van der Waals surface area contributed by atoms with Crippen molar-refractivity contribution in [2.45, 2.75) is 19.8 Å². The monoisotopic (exact) mass is 386 g/mol. The predicted molar refractivity (Wildman–Crippen MR) is 98.6 cm³/mol. The Morgan fingerprint density at radius 1 is 1.18 bits per heavy atom. The SMILES string of the molecule is CC(C)c1c(C(=O)Nc2ccc(F)c([N+](=O)[O-])c2)cnn1-c1ccc(F)cc1. The molecule has 3 aromatic rings. The van der Waals surface area contributed by atoms with Crippen LogP contribution in [-0.4, -0.2) is 20.6 Å². The Hall–Kier alpha value is -3.62. The summed E-state index contributed by atoms with van der Waals surface area (Å²) in [4.78, 5) is 22.7. The summed E-state index contributed by atoms with van der Waals surface area (Å²) >= 11 is 0. The lowest BCUT2D eigenvalue weighted by molar-refractivity contribution is -0.387. The Bertz CT molecular complexity index is 1050. The molecule has 144 valence electrons. The van der Waals surface area contributed by atoms with Crippen LogP contribution in [0.4, 0.5) is 20.2 Å². The van der Waals surface area contributed by atoms with Crippen molar-refractivity contribution in [1.82, 2.24) is 9.78 Å². The first-order valence-electron chi connectivity index (χ1n) is 8.37. The zero-order chi connectivity index (χ0) is 20.4. The molecular weight excluding hydrogens is 370 g/mol. The summed E-state index contributed by atoms with van der Waals surface area (Å²) in [5.41, 5.74) is 0.778. The van der Waals surface area contributed by atoms with Gasteiger partial charge in [-0.2, -0.15) is 9.49 Å². The second-order valence-electron chi connectivity index (χ2n) is 6.36. The summed E-state index contributed by atoms with van der Waals surface area (Å²) in [5, 5.41) is 17.6. The van der Waals surface area contributed by atoms with Crippen molar-refractivity contribution in [1.29, 1.82) is 0 Å². The second-order valence-corrected chi connectivity index (χ2v) is 6.36. The second kappa shape index (κ2) is 7.55. The van der Waals surface area contributed by atoms with Gasteiger partial charge in [0.15, 0.2) is 0 Å². The molecule has 0 radical (unpaired) electrons. The van der Waals surface area contributed by atoms with Crippen LogP contribution in [0.15, 0.2) is 48.7 Å². The van der Waals surface area contributed by atoms with Gasteiger partial charge in [0, 0.05) is 11.8 Å². The molecule has 0 aliphatic rings. The quantitative estimate of drug-likeness (QED) is 0.519. The number of hydrogen-bond donors (Lipinski definition) is 1. The van der Waals surface area contributed by atoms with Gasteiger partial charge >= 0.3 is 5.69 Å². The zero-order valence-corrected chi connectivity index (χ0v) is 15.0. The van der Waals surface area contributed by atoms with Crippen LogP contribution in [0.2, 0.25) is 0 Å². The molecule has 0 aliphatic heterocycles. The van der Waals surface area contributed by atoms with E-state index < -0.39 is 28.2 Å². The van der Waals surface area contributed by atoms with E-state index in [0.29, 0.717) is 11.4 Å². The number of nitrogens with zero attached hydrogens (tertiary/aromatic N) is 3. The van der Waals surface area contributed by atoms with Crippen LogP contribution in [-0.2, 0) is 0 Å². The van der Waals surface area contributed by atoms with Gasteiger partial charge in [0.1, 0.15) is 5.82 Å². The molecule has 0 unspecified atom stereocenters. The number of nitrogens with one attached hydrogen (secondary N) is 1. The average Bonchev–Trinajstić information content (AvgIpc) is 3.09. The number of anilines is 1. The number of amides is 1. The van der Waals surface area contributed by atoms with Gasteiger partial charge in [-0.05, 0) is 42.3 Å². The van der Waals surface area contributed by atoms with Crippen LogP contribution in [0.25, 0.3) is 5.69 Å². The first-order chi connectivity index (χ1) is 13.3. The van der Waals surface area contributed by atoms with E-state index in [9.17, 15) is 23.7 Å². The van der Waals surface area contributed by atoms with Gasteiger partial charge in [-0.15, -0.1) is 0 Å². The van der Waals surface area contributed by atoms with Crippen LogP contribution in [0.5, 0.6) is 0 Å². The van der Waals surface area contributed by atoms with Crippen LogP contribution < -0.4 is 5.32 Å². The van der Waals surface area contributed by atoms with Gasteiger partial charge in [0.05, 0.1) is 28.1 Å². The fraction of sp³-hybridized carbons (Fsp3) is 0.158. The van der Waals surface area contributed by atoms with Crippen molar-refractivity contribution in [3.63, 3.8) is 0 Å². The number of carbonyl (C=O) groups excluding carboxylic acids is 1. The summed E-state index contributed by atoms with van der Waals surface area (Å²) in [5.74, 6) is -2.03. The minimum absolute atomic E-state index is 0.0855. The molecule has 0 atom stereocenters. The number of nitro benzene ring substituents is 1. The Kier molecular flexibility index (Phi) is 5.16. The molecule has 2 aromatic carbocycles. The number of hydrogen-bond acceptors (Lipinski definition) is 4. The fourth-order valence-electron chi connectivity index (χ4n) is 2.81. The zero-order valence-electron chi connectivity index (χ0n) is 15.0. The van der Waals surface area contributed by atoms with Crippen molar-refractivity contribution in [2.24, 2.45) is 0 Å². The third-order valence-electron chi connectivity index (χ3n) is 4.07. The van der Waals surface area contributed by atoms with Crippen molar-refractivity contribution in [3.05, 3.63) is 81.7 Å². The van der Waals surface area contributed by atoms with Crippen LogP contribution in [0.3, 0.4) is 0 Å². The molecule has 9 heteroatoms. The molecule has 7 nitrogen and oxygen atoms in total. The summed E-state index contributed by atoms with van der Waals surface area (Å²) in [7, 11) is 0. The van der Waals surface area contributed by atoms with Crippen LogP contribution in [0.1, 0.15) is 35.8 Å². The number of halogens is 2. The molecule has 1 amide bonds. The van der Waals surface area contributed by atoms with Crippen LogP contribution >= 0.6 is 0 Å². The molecule has 1 aromatic heterocycles. The highest BCUT2D eigenvalue weighted by atomic mass is 19.1. The summed E-state index contributed by atoms with van der Waals surface area (Å²) in [6.45, 7) is 3.74. The molecule has 1 heterocycles. The van der Waals surface area contributed by atoms with E-state index in [4.69, 9.17) is 0 Å². The average molecular weight is 386 g/mol. The molecule has 0 aliphatic carbocycles. The van der Waals surface area contributed by atoms with E-state index in [2.05, 4.69) is 10.4 Å². The van der Waals surface area contributed by atoms with E-state index in [1.54, 1.807) is 12.1 Å². The standard InChI is InChI=1S/C19H16F2N4O3/c1-11(2)18-15(10-22-24(18)14-6-3-12(20)4-7-14)19(26)23-13-5-8-16(21)17(9-13)25(27)28/h3-11H,1-2H3,(H,23,26). The molecule has 1 N–H and O–H groups in total. The molecule has 0 spiro atoms. The Morgan fingerprint density at radius 3 is 2.46 bits per heavy atom. The van der Waals surface area contributed by atoms with Crippen LogP contribution in [0, 0.1) is 21.7 Å². The maximum atomic E-state index is 13.5. The third-order valence-corrected chi connectivity index (χ3v) is 4.07. The molecule has 0 saturated carbocycles. The summed E-state index contributed by atoms with van der Waals surface area (Å²) in [6, 6.07) is 8.76. The topological polar surface area (TPSA) is 90.1 Å². The smallest absolute Gasteiger partial charge is 0.306 e. The highest BCUT2D eigenvalue weighted by Gasteiger charge is 2.22.